The molecule has 0 aromatic heterocycles. The Kier molecular flexibility index (Phi) is 5.28. The topological polar surface area (TPSA) is 12.0 Å². The van der Waals surface area contributed by atoms with E-state index in [0.29, 0.717) is 0 Å². The predicted molar refractivity (Wildman–Crippen MR) is 86.1 cm³/mol. The van der Waals surface area contributed by atoms with Crippen LogP contribution in [-0.4, -0.2) is 7.05 Å². The fourth-order valence-corrected chi connectivity index (χ4v) is 3.05. The van der Waals surface area contributed by atoms with E-state index in [1.54, 1.807) is 0 Å². The van der Waals surface area contributed by atoms with Crippen molar-refractivity contribution in [2.45, 2.75) is 12.5 Å². The van der Waals surface area contributed by atoms with E-state index in [-0.39, 0.29) is 6.04 Å². The highest BCUT2D eigenvalue weighted by Gasteiger charge is 2.15. The van der Waals surface area contributed by atoms with E-state index in [0.717, 1.165) is 32.1 Å². The first kappa shape index (κ1) is 14.9. The molecule has 0 aliphatic rings. The predicted octanol–water partition coefficient (Wildman–Crippen LogP) is 5.26. The minimum Gasteiger partial charge on any atom is -0.313 e. The van der Waals surface area contributed by atoms with Gasteiger partial charge in [0.1, 0.15) is 0 Å². The zero-order valence-corrected chi connectivity index (χ0v) is 13.6. The zero-order chi connectivity index (χ0) is 13.8. The molecule has 2 rings (SSSR count). The lowest BCUT2D eigenvalue weighted by Crippen LogP contribution is -2.19. The third-order valence-electron chi connectivity index (χ3n) is 3.07. The van der Waals surface area contributed by atoms with Gasteiger partial charge in [-0.25, -0.2) is 0 Å². The summed E-state index contributed by atoms with van der Waals surface area (Å²) in [4.78, 5) is 0. The van der Waals surface area contributed by atoms with Gasteiger partial charge in [-0.2, -0.15) is 0 Å². The maximum Gasteiger partial charge on any atom is 0.0465 e. The van der Waals surface area contributed by atoms with Crippen LogP contribution in [-0.2, 0) is 6.42 Å². The molecule has 0 saturated heterocycles. The normalized spacial score (nSPS) is 12.4. The first-order valence-corrected chi connectivity index (χ1v) is 7.52. The van der Waals surface area contributed by atoms with Gasteiger partial charge in [-0.1, -0.05) is 63.4 Å². The summed E-state index contributed by atoms with van der Waals surface area (Å²) >= 11 is 15.9. The van der Waals surface area contributed by atoms with Crippen LogP contribution < -0.4 is 5.32 Å². The Bertz CT molecular complexity index is 572. The van der Waals surface area contributed by atoms with Crippen LogP contribution in [0.4, 0.5) is 0 Å². The van der Waals surface area contributed by atoms with Crippen LogP contribution in [0.1, 0.15) is 17.2 Å². The lowest BCUT2D eigenvalue weighted by Gasteiger charge is -2.19. The lowest BCUT2D eigenvalue weighted by molar-refractivity contribution is 0.592. The molecule has 2 aromatic rings. The molecule has 4 heteroatoms. The highest BCUT2D eigenvalue weighted by Crippen LogP contribution is 2.29. The van der Waals surface area contributed by atoms with E-state index in [9.17, 15) is 0 Å². The van der Waals surface area contributed by atoms with Crippen molar-refractivity contribution in [2.75, 3.05) is 7.05 Å². The van der Waals surface area contributed by atoms with Gasteiger partial charge in [0.05, 0.1) is 0 Å². The second kappa shape index (κ2) is 6.76. The van der Waals surface area contributed by atoms with Gasteiger partial charge in [-0.3, -0.25) is 0 Å². The van der Waals surface area contributed by atoms with Crippen molar-refractivity contribution in [2.24, 2.45) is 0 Å². The molecular weight excluding hydrogens is 345 g/mol. The number of nitrogens with one attached hydrogen (secondary N) is 1. The van der Waals surface area contributed by atoms with E-state index in [1.165, 1.54) is 0 Å². The number of hydrogen-bond acceptors (Lipinski definition) is 1. The van der Waals surface area contributed by atoms with Crippen molar-refractivity contribution < 1.29 is 0 Å². The molecule has 0 aliphatic heterocycles. The van der Waals surface area contributed by atoms with Crippen molar-refractivity contribution in [3.63, 3.8) is 0 Å². The molecule has 0 radical (unpaired) electrons. The van der Waals surface area contributed by atoms with E-state index in [1.807, 2.05) is 49.5 Å². The van der Waals surface area contributed by atoms with Crippen molar-refractivity contribution >= 4 is 39.1 Å². The monoisotopic (exact) mass is 357 g/mol. The molecule has 19 heavy (non-hydrogen) atoms. The third-order valence-corrected chi connectivity index (χ3v) is 4.26. The van der Waals surface area contributed by atoms with E-state index >= 15 is 0 Å². The molecule has 0 heterocycles. The molecular formula is C15H14BrCl2N. The van der Waals surface area contributed by atoms with Gasteiger partial charge in [0, 0.05) is 20.6 Å². The molecule has 0 saturated carbocycles. The first-order valence-electron chi connectivity index (χ1n) is 5.97. The Labute approximate surface area is 132 Å². The maximum atomic E-state index is 6.31. The van der Waals surface area contributed by atoms with Crippen LogP contribution in [0.2, 0.25) is 10.0 Å². The average Bonchev–Trinajstić information content (AvgIpc) is 2.39. The van der Waals surface area contributed by atoms with Gasteiger partial charge in [-0.05, 0) is 42.8 Å². The van der Waals surface area contributed by atoms with Gasteiger partial charge >= 0.3 is 0 Å². The van der Waals surface area contributed by atoms with E-state index in [4.69, 9.17) is 23.2 Å². The van der Waals surface area contributed by atoms with E-state index in [2.05, 4.69) is 21.2 Å². The molecule has 0 amide bonds. The second-order valence-electron chi connectivity index (χ2n) is 4.30. The summed E-state index contributed by atoms with van der Waals surface area (Å²) in [6, 6.07) is 14.0. The Morgan fingerprint density at radius 3 is 2.47 bits per heavy atom. The van der Waals surface area contributed by atoms with Crippen LogP contribution in [0.3, 0.4) is 0 Å². The molecule has 0 aliphatic carbocycles. The number of rotatable bonds is 4. The summed E-state index contributed by atoms with van der Waals surface area (Å²) in [7, 11) is 1.93. The molecule has 1 atom stereocenters. The SMILES string of the molecule is CNC(Cc1ccccc1Cl)c1ccc(Br)cc1Cl. The average molecular weight is 359 g/mol. The fourth-order valence-electron chi connectivity index (χ4n) is 2.04. The van der Waals surface area contributed by atoms with Gasteiger partial charge < -0.3 is 5.32 Å². The molecule has 0 bridgehead atoms. The van der Waals surface area contributed by atoms with Gasteiger partial charge in [0.2, 0.25) is 0 Å². The van der Waals surface area contributed by atoms with Crippen LogP contribution >= 0.6 is 39.1 Å². The molecule has 2 aromatic carbocycles. The minimum atomic E-state index is 0.139. The summed E-state index contributed by atoms with van der Waals surface area (Å²) in [6.45, 7) is 0. The Morgan fingerprint density at radius 1 is 1.11 bits per heavy atom. The number of halogens is 3. The van der Waals surface area contributed by atoms with Gasteiger partial charge in [-0.15, -0.1) is 0 Å². The van der Waals surface area contributed by atoms with E-state index < -0.39 is 0 Å². The summed E-state index contributed by atoms with van der Waals surface area (Å²) in [6.07, 6.45) is 0.803. The number of benzene rings is 2. The van der Waals surface area contributed by atoms with Gasteiger partial charge in [0.25, 0.3) is 0 Å². The Balaban J connectivity index is 2.28. The summed E-state index contributed by atoms with van der Waals surface area (Å²) in [5, 5.41) is 4.83. The van der Waals surface area contributed by atoms with Crippen molar-refractivity contribution in [1.29, 1.82) is 0 Å². The smallest absolute Gasteiger partial charge is 0.0465 e. The minimum absolute atomic E-state index is 0.139. The van der Waals surface area contributed by atoms with Crippen LogP contribution in [0.5, 0.6) is 0 Å². The molecule has 0 spiro atoms. The molecule has 0 fully saturated rings. The van der Waals surface area contributed by atoms with Crippen LogP contribution in [0.15, 0.2) is 46.9 Å². The Hall–Kier alpha value is -0.540. The van der Waals surface area contributed by atoms with Crippen LogP contribution in [0, 0.1) is 0 Å². The molecule has 1 N–H and O–H groups in total. The van der Waals surface area contributed by atoms with Crippen molar-refractivity contribution in [3.05, 3.63) is 68.1 Å². The molecule has 100 valence electrons. The van der Waals surface area contributed by atoms with Gasteiger partial charge in [0.15, 0.2) is 0 Å². The Morgan fingerprint density at radius 2 is 1.84 bits per heavy atom. The lowest BCUT2D eigenvalue weighted by atomic mass is 9.99. The summed E-state index contributed by atoms with van der Waals surface area (Å²) < 4.78 is 0.980. The van der Waals surface area contributed by atoms with Crippen LogP contribution in [0.25, 0.3) is 0 Å². The fraction of sp³-hybridized carbons (Fsp3) is 0.200. The maximum absolute atomic E-state index is 6.31. The number of hydrogen-bond donors (Lipinski definition) is 1. The zero-order valence-electron chi connectivity index (χ0n) is 10.5. The summed E-state index contributed by atoms with van der Waals surface area (Å²) in [5.41, 5.74) is 2.19. The van der Waals surface area contributed by atoms with Crippen molar-refractivity contribution in [3.8, 4) is 0 Å². The third kappa shape index (κ3) is 3.73. The summed E-state index contributed by atoms with van der Waals surface area (Å²) in [5.74, 6) is 0. The number of likely N-dealkylation sites (N-methyl/N-ethyl adjacent to an activating group) is 1. The molecule has 1 nitrogen and oxygen atoms in total. The van der Waals surface area contributed by atoms with Crippen molar-refractivity contribution in [1.82, 2.24) is 5.32 Å². The quantitative estimate of drug-likeness (QED) is 0.786. The molecule has 1 unspecified atom stereocenters. The highest BCUT2D eigenvalue weighted by molar-refractivity contribution is 9.10. The second-order valence-corrected chi connectivity index (χ2v) is 6.03. The highest BCUT2D eigenvalue weighted by atomic mass is 79.9. The first-order chi connectivity index (χ1) is 9.11. The largest absolute Gasteiger partial charge is 0.313 e. The standard InChI is InChI=1S/C15H14BrCl2N/c1-19-15(8-10-4-2-3-5-13(10)17)12-7-6-11(16)9-14(12)18/h2-7,9,15,19H,8H2,1H3.